The molecule has 0 amide bonds. The van der Waals surface area contributed by atoms with Crippen molar-refractivity contribution in [2.75, 3.05) is 51.4 Å². The fraction of sp³-hybridized carbons (Fsp3) is 0.791. The minimum absolute atomic E-state index is 0.00779. The number of aliphatic hydroxyl groups excluding tert-OH is 1. The number of sulfone groups is 1. The van der Waals surface area contributed by atoms with Gasteiger partial charge < -0.3 is 25.2 Å². The van der Waals surface area contributed by atoms with E-state index in [1.54, 1.807) is 6.92 Å². The number of carbonyl (C=O) groups excluding carboxylic acids is 1. The van der Waals surface area contributed by atoms with Gasteiger partial charge in [-0.15, -0.1) is 0 Å². The Kier molecular flexibility index (Phi) is 12.3. The summed E-state index contributed by atoms with van der Waals surface area (Å²) in [5.41, 5.74) is 2.60. The molecule has 7 unspecified atom stereocenters. The van der Waals surface area contributed by atoms with Crippen LogP contribution in [0.2, 0.25) is 0 Å². The van der Waals surface area contributed by atoms with Crippen LogP contribution < -0.4 is 5.32 Å². The van der Waals surface area contributed by atoms with E-state index in [2.05, 4.69) is 70.0 Å². The van der Waals surface area contributed by atoms with Crippen molar-refractivity contribution in [2.45, 2.75) is 130 Å². The summed E-state index contributed by atoms with van der Waals surface area (Å²) in [6, 6.07) is 7.93. The maximum Gasteiger partial charge on any atom is 0.337 e. The van der Waals surface area contributed by atoms with Crippen molar-refractivity contribution in [2.24, 2.45) is 33.5 Å². The first kappa shape index (κ1) is 41.4. The van der Waals surface area contributed by atoms with Crippen LogP contribution in [-0.2, 0) is 14.6 Å². The monoisotopic (exact) mass is 742 g/mol. The Morgan fingerprint density at radius 1 is 1.06 bits per heavy atom. The van der Waals surface area contributed by atoms with Crippen LogP contribution in [0.15, 0.2) is 30.3 Å². The first-order valence-corrected chi connectivity index (χ1v) is 22.0. The van der Waals surface area contributed by atoms with Crippen LogP contribution in [0.4, 0.5) is 0 Å². The SMILES string of the molecule is CCC1(C)C(C2(C)CC=C(c3ccc(C(=O)OC)cc3)C(C)(C)C2)CCC2CC(CCCC(C)(O)CO)(NCCN3CCS(=O)(=O)CC3)CCC21C. The lowest BCUT2D eigenvalue weighted by Gasteiger charge is -2.67. The molecule has 1 saturated heterocycles. The molecule has 0 radical (unpaired) electrons. The van der Waals surface area contributed by atoms with Gasteiger partial charge in [0.25, 0.3) is 0 Å². The number of esters is 1. The van der Waals surface area contributed by atoms with E-state index in [4.69, 9.17) is 4.74 Å². The lowest BCUT2D eigenvalue weighted by molar-refractivity contribution is -0.164. The standard InChI is InChI=1S/C43H70N2O6S/c1-9-41(6)36(39(4)20-17-35(38(2,3)30-39)32-11-13-33(14-12-32)37(47)51-8)16-15-34-29-43(22-21-42(34,41)7,19-10-18-40(5,48)31-46)44-23-24-45-25-27-52(49,50)28-26-45/h11-14,17,34,36,44,46,48H,9-10,15-16,18-31H2,1-8H3. The number of fused-ring (bicyclic) bond motifs is 1. The van der Waals surface area contributed by atoms with Crippen LogP contribution in [0, 0.1) is 33.5 Å². The van der Waals surface area contributed by atoms with Gasteiger partial charge in [0.1, 0.15) is 0 Å². The number of nitrogens with zero attached hydrogens (tertiary/aromatic N) is 1. The summed E-state index contributed by atoms with van der Waals surface area (Å²) in [5, 5.41) is 24.5. The number of allylic oxidation sites excluding steroid dienone is 2. The smallest absolute Gasteiger partial charge is 0.337 e. The summed E-state index contributed by atoms with van der Waals surface area (Å²) in [5.74, 6) is 1.39. The van der Waals surface area contributed by atoms with Crippen molar-refractivity contribution in [3.63, 3.8) is 0 Å². The molecule has 3 N–H and O–H groups in total. The third-order valence-corrected chi connectivity index (χ3v) is 16.8. The third-order valence-electron chi connectivity index (χ3n) is 15.2. The highest BCUT2D eigenvalue weighted by Crippen LogP contribution is 2.70. The van der Waals surface area contributed by atoms with E-state index in [1.807, 2.05) is 12.1 Å². The van der Waals surface area contributed by atoms with Gasteiger partial charge in [-0.25, -0.2) is 13.2 Å². The lowest BCUT2D eigenvalue weighted by Crippen LogP contribution is -2.62. The van der Waals surface area contributed by atoms with Gasteiger partial charge in [-0.05, 0) is 134 Å². The molecular weight excluding hydrogens is 673 g/mol. The van der Waals surface area contributed by atoms with Crippen molar-refractivity contribution in [1.29, 1.82) is 0 Å². The lowest BCUT2D eigenvalue weighted by atomic mass is 9.38. The second kappa shape index (κ2) is 15.4. The highest BCUT2D eigenvalue weighted by atomic mass is 32.2. The van der Waals surface area contributed by atoms with Crippen LogP contribution in [-0.4, -0.2) is 92.0 Å². The Morgan fingerprint density at radius 3 is 2.33 bits per heavy atom. The second-order valence-electron chi connectivity index (χ2n) is 19.0. The predicted molar refractivity (Wildman–Crippen MR) is 211 cm³/mol. The fourth-order valence-electron chi connectivity index (χ4n) is 11.8. The van der Waals surface area contributed by atoms with Crippen molar-refractivity contribution in [1.82, 2.24) is 10.2 Å². The quantitative estimate of drug-likeness (QED) is 0.181. The minimum Gasteiger partial charge on any atom is -0.465 e. The molecule has 1 aliphatic heterocycles. The summed E-state index contributed by atoms with van der Waals surface area (Å²) in [6.07, 6.45) is 14.1. The van der Waals surface area contributed by atoms with Crippen LogP contribution in [0.25, 0.3) is 5.57 Å². The number of carbonyl (C=O) groups is 1. The molecule has 2 saturated carbocycles. The average Bonchev–Trinajstić information content (AvgIpc) is 3.09. The molecule has 52 heavy (non-hydrogen) atoms. The maximum atomic E-state index is 12.1. The van der Waals surface area contributed by atoms with Gasteiger partial charge in [-0.2, -0.15) is 0 Å². The highest BCUT2D eigenvalue weighted by Gasteiger charge is 2.62. The van der Waals surface area contributed by atoms with Crippen molar-refractivity contribution in [3.8, 4) is 0 Å². The Hall–Kier alpha value is -1.78. The van der Waals surface area contributed by atoms with Crippen molar-refractivity contribution >= 4 is 21.4 Å². The molecule has 4 aliphatic rings. The largest absolute Gasteiger partial charge is 0.465 e. The summed E-state index contributed by atoms with van der Waals surface area (Å²) in [7, 11) is -1.48. The third kappa shape index (κ3) is 8.39. The molecule has 1 heterocycles. The molecule has 0 bridgehead atoms. The van der Waals surface area contributed by atoms with E-state index in [9.17, 15) is 23.4 Å². The molecule has 294 valence electrons. The summed E-state index contributed by atoms with van der Waals surface area (Å²) in [6.45, 7) is 19.4. The first-order valence-electron chi connectivity index (χ1n) is 20.2. The first-order chi connectivity index (χ1) is 24.3. The highest BCUT2D eigenvalue weighted by molar-refractivity contribution is 7.91. The molecule has 0 spiro atoms. The zero-order chi connectivity index (χ0) is 38.2. The van der Waals surface area contributed by atoms with Crippen molar-refractivity contribution in [3.05, 3.63) is 41.5 Å². The summed E-state index contributed by atoms with van der Waals surface area (Å²) >= 11 is 0. The van der Waals surface area contributed by atoms with Crippen LogP contribution in [0.5, 0.6) is 0 Å². The molecule has 1 aromatic rings. The predicted octanol–water partition coefficient (Wildman–Crippen LogP) is 7.29. The second-order valence-corrected chi connectivity index (χ2v) is 21.3. The number of ether oxygens (including phenoxy) is 1. The molecule has 5 rings (SSSR count). The number of rotatable bonds is 13. The van der Waals surface area contributed by atoms with E-state index in [-0.39, 0.29) is 51.3 Å². The number of benzene rings is 1. The number of hydrogen-bond donors (Lipinski definition) is 3. The van der Waals surface area contributed by atoms with Crippen LogP contribution in [0.1, 0.15) is 135 Å². The van der Waals surface area contributed by atoms with E-state index in [0.717, 1.165) is 64.5 Å². The molecule has 7 atom stereocenters. The van der Waals surface area contributed by atoms with Gasteiger partial charge in [-0.3, -0.25) is 0 Å². The van der Waals surface area contributed by atoms with Gasteiger partial charge in [0.2, 0.25) is 0 Å². The van der Waals surface area contributed by atoms with E-state index in [0.29, 0.717) is 36.9 Å². The van der Waals surface area contributed by atoms with E-state index in [1.165, 1.54) is 31.1 Å². The van der Waals surface area contributed by atoms with Gasteiger partial charge in [-0.1, -0.05) is 59.8 Å². The number of nitrogens with one attached hydrogen (secondary N) is 1. The van der Waals surface area contributed by atoms with Gasteiger partial charge in [0.05, 0.1) is 36.4 Å². The molecule has 0 aromatic heterocycles. The molecular formula is C43H70N2O6S. The molecule has 1 aromatic carbocycles. The summed E-state index contributed by atoms with van der Waals surface area (Å²) < 4.78 is 29.0. The summed E-state index contributed by atoms with van der Waals surface area (Å²) in [4.78, 5) is 14.4. The zero-order valence-corrected chi connectivity index (χ0v) is 34.5. The minimum atomic E-state index is -2.90. The molecule has 9 heteroatoms. The van der Waals surface area contributed by atoms with Crippen LogP contribution in [0.3, 0.4) is 0 Å². The Morgan fingerprint density at radius 2 is 1.73 bits per heavy atom. The normalized spacial score (nSPS) is 35.9. The zero-order valence-electron chi connectivity index (χ0n) is 33.7. The number of methoxy groups -OCH3 is 1. The van der Waals surface area contributed by atoms with Crippen molar-refractivity contribution < 1.29 is 28.2 Å². The molecule has 3 fully saturated rings. The van der Waals surface area contributed by atoms with Gasteiger partial charge in [0.15, 0.2) is 9.84 Å². The van der Waals surface area contributed by atoms with Gasteiger partial charge in [0, 0.05) is 31.7 Å². The Labute approximate surface area is 315 Å². The topological polar surface area (TPSA) is 116 Å². The fourth-order valence-corrected chi connectivity index (χ4v) is 13.1. The average molecular weight is 743 g/mol. The van der Waals surface area contributed by atoms with Crippen LogP contribution >= 0.6 is 0 Å². The number of hydrogen-bond acceptors (Lipinski definition) is 8. The Bertz CT molecular complexity index is 1540. The molecule has 8 nitrogen and oxygen atoms in total. The molecule has 3 aliphatic carbocycles. The van der Waals surface area contributed by atoms with Gasteiger partial charge >= 0.3 is 5.97 Å². The number of aliphatic hydroxyl groups is 2. The maximum absolute atomic E-state index is 12.1. The van der Waals surface area contributed by atoms with E-state index >= 15 is 0 Å². The Balaban J connectivity index is 1.34. The van der Waals surface area contributed by atoms with E-state index < -0.39 is 15.4 Å².